The van der Waals surface area contributed by atoms with E-state index in [0.717, 1.165) is 0 Å². The second-order valence-electron chi connectivity index (χ2n) is 6.29. The van der Waals surface area contributed by atoms with Crippen molar-refractivity contribution in [2.45, 2.75) is 44.4 Å². The van der Waals surface area contributed by atoms with Crippen molar-refractivity contribution >= 4 is 0 Å². The van der Waals surface area contributed by atoms with Crippen molar-refractivity contribution in [3.05, 3.63) is 41.0 Å². The average Bonchev–Trinajstić information content (AvgIpc) is 2.89. The molecule has 0 fully saturated rings. The molecule has 0 spiro atoms. The van der Waals surface area contributed by atoms with Gasteiger partial charge in [0.2, 0.25) is 5.89 Å². The first-order valence-corrected chi connectivity index (χ1v) is 7.28. The van der Waals surface area contributed by atoms with Gasteiger partial charge in [-0.1, -0.05) is 5.16 Å². The molecule has 2 unspecified atom stereocenters. The molecule has 3 N–H and O–H groups in total. The summed E-state index contributed by atoms with van der Waals surface area (Å²) in [5.41, 5.74) is 4.65. The lowest BCUT2D eigenvalue weighted by Gasteiger charge is -2.48. The van der Waals surface area contributed by atoms with E-state index < -0.39 is 17.2 Å². The summed E-state index contributed by atoms with van der Waals surface area (Å²) in [5.74, 6) is 0.931. The maximum atomic E-state index is 10.9. The molecule has 120 valence electrons. The molecule has 2 atom stereocenters. The number of benzene rings is 1. The first-order valence-electron chi connectivity index (χ1n) is 7.28. The van der Waals surface area contributed by atoms with Crippen LogP contribution in [0, 0.1) is 18.3 Å². The van der Waals surface area contributed by atoms with Crippen LogP contribution in [0.4, 0.5) is 0 Å². The molecular formula is C16H18N4O3. The summed E-state index contributed by atoms with van der Waals surface area (Å²) in [6.07, 6.45) is 0.252. The predicted molar refractivity (Wildman–Crippen MR) is 80.5 cm³/mol. The molecule has 3 rings (SSSR count). The third-order valence-electron chi connectivity index (χ3n) is 4.32. The van der Waals surface area contributed by atoms with E-state index in [4.69, 9.17) is 20.3 Å². The second kappa shape index (κ2) is 5.05. The van der Waals surface area contributed by atoms with E-state index in [1.165, 1.54) is 0 Å². The third kappa shape index (κ3) is 2.46. The highest BCUT2D eigenvalue weighted by Gasteiger charge is 2.53. The number of aliphatic hydroxyl groups is 1. The Bertz CT molecular complexity index is 789. The van der Waals surface area contributed by atoms with Crippen LogP contribution in [-0.2, 0) is 6.42 Å². The van der Waals surface area contributed by atoms with Crippen molar-refractivity contribution in [2.24, 2.45) is 5.73 Å². The minimum atomic E-state index is -1.67. The number of ether oxygens (including phenoxy) is 1. The molecule has 1 aliphatic rings. The molecule has 2 heterocycles. The van der Waals surface area contributed by atoms with Crippen LogP contribution in [0.15, 0.2) is 22.7 Å². The molecule has 0 bridgehead atoms. The van der Waals surface area contributed by atoms with E-state index in [1.807, 2.05) is 0 Å². The molecule has 7 nitrogen and oxygen atoms in total. The summed E-state index contributed by atoms with van der Waals surface area (Å²) in [6, 6.07) is 7.15. The number of aryl methyl sites for hydroxylation is 1. The average molecular weight is 314 g/mol. The molecule has 7 heteroatoms. The van der Waals surface area contributed by atoms with Crippen molar-refractivity contribution in [1.82, 2.24) is 10.1 Å². The summed E-state index contributed by atoms with van der Waals surface area (Å²) in [5, 5.41) is 23.8. The zero-order valence-corrected chi connectivity index (χ0v) is 13.2. The zero-order chi connectivity index (χ0) is 16.8. The van der Waals surface area contributed by atoms with Gasteiger partial charge in [0, 0.05) is 17.9 Å². The highest BCUT2D eigenvalue weighted by molar-refractivity contribution is 5.47. The minimum Gasteiger partial charge on any atom is -0.483 e. The number of fused-ring (bicyclic) bond motifs is 1. The van der Waals surface area contributed by atoms with E-state index in [9.17, 15) is 5.11 Å². The number of aromatic nitrogens is 2. The molecule has 1 aliphatic heterocycles. The topological polar surface area (TPSA) is 118 Å². The van der Waals surface area contributed by atoms with Crippen LogP contribution >= 0.6 is 0 Å². The summed E-state index contributed by atoms with van der Waals surface area (Å²) in [6.45, 7) is 5.16. The van der Waals surface area contributed by atoms with Crippen molar-refractivity contribution in [1.29, 1.82) is 5.26 Å². The fraction of sp³-hybridized carbons (Fsp3) is 0.438. The van der Waals surface area contributed by atoms with Crippen LogP contribution < -0.4 is 10.5 Å². The lowest BCUT2D eigenvalue weighted by molar-refractivity contribution is -0.142. The fourth-order valence-corrected chi connectivity index (χ4v) is 2.86. The Morgan fingerprint density at radius 1 is 1.43 bits per heavy atom. The third-order valence-corrected chi connectivity index (χ3v) is 4.32. The highest BCUT2D eigenvalue weighted by Crippen LogP contribution is 2.46. The van der Waals surface area contributed by atoms with Crippen molar-refractivity contribution in [3.8, 4) is 11.8 Å². The molecule has 23 heavy (non-hydrogen) atoms. The molecule has 0 radical (unpaired) electrons. The van der Waals surface area contributed by atoms with Crippen LogP contribution in [0.1, 0.15) is 42.6 Å². The lowest BCUT2D eigenvalue weighted by atomic mass is 9.74. The van der Waals surface area contributed by atoms with E-state index in [1.54, 1.807) is 39.0 Å². The van der Waals surface area contributed by atoms with Gasteiger partial charge < -0.3 is 14.4 Å². The number of nitrogens with two attached hydrogens (primary N) is 1. The van der Waals surface area contributed by atoms with Gasteiger partial charge in [0.25, 0.3) is 0 Å². The molecule has 0 amide bonds. The lowest BCUT2D eigenvalue weighted by Crippen LogP contribution is -2.66. The molecular weight excluding hydrogens is 296 g/mol. The zero-order valence-electron chi connectivity index (χ0n) is 13.2. The van der Waals surface area contributed by atoms with Crippen LogP contribution in [0.5, 0.6) is 5.75 Å². The van der Waals surface area contributed by atoms with Crippen LogP contribution in [-0.4, -0.2) is 26.6 Å². The first-order chi connectivity index (χ1) is 10.7. The Hall–Kier alpha value is -2.43. The van der Waals surface area contributed by atoms with E-state index in [2.05, 4.69) is 16.2 Å². The summed E-state index contributed by atoms with van der Waals surface area (Å²) < 4.78 is 11.0. The smallest absolute Gasteiger partial charge is 0.227 e. The van der Waals surface area contributed by atoms with Gasteiger partial charge >= 0.3 is 0 Å². The fourth-order valence-electron chi connectivity index (χ4n) is 2.86. The van der Waals surface area contributed by atoms with Gasteiger partial charge in [-0.15, -0.1) is 0 Å². The first kappa shape index (κ1) is 15.5. The van der Waals surface area contributed by atoms with Crippen molar-refractivity contribution < 1.29 is 14.4 Å². The van der Waals surface area contributed by atoms with Gasteiger partial charge in [0.15, 0.2) is 11.5 Å². The largest absolute Gasteiger partial charge is 0.483 e. The second-order valence-corrected chi connectivity index (χ2v) is 6.29. The Balaban J connectivity index is 2.11. The molecule has 1 aromatic heterocycles. The van der Waals surface area contributed by atoms with Crippen molar-refractivity contribution in [2.75, 3.05) is 0 Å². The predicted octanol–water partition coefficient (Wildman–Crippen LogP) is 1.39. The minimum absolute atomic E-state index is 0.252. The van der Waals surface area contributed by atoms with Gasteiger partial charge in [-0.05, 0) is 39.0 Å². The summed E-state index contributed by atoms with van der Waals surface area (Å²) in [4.78, 5) is 4.18. The van der Waals surface area contributed by atoms with Crippen LogP contribution in [0.25, 0.3) is 0 Å². The molecule has 0 saturated carbocycles. The van der Waals surface area contributed by atoms with E-state index in [-0.39, 0.29) is 6.42 Å². The summed E-state index contributed by atoms with van der Waals surface area (Å²) in [7, 11) is 0. The van der Waals surface area contributed by atoms with E-state index >= 15 is 0 Å². The number of rotatable bonds is 2. The quantitative estimate of drug-likeness (QED) is 0.804. The molecule has 1 aromatic carbocycles. The monoisotopic (exact) mass is 314 g/mol. The maximum absolute atomic E-state index is 10.9. The van der Waals surface area contributed by atoms with Gasteiger partial charge in [0.1, 0.15) is 11.4 Å². The van der Waals surface area contributed by atoms with Gasteiger partial charge in [-0.2, -0.15) is 10.2 Å². The Labute approximate surface area is 133 Å². The molecule has 0 saturated heterocycles. The molecule has 0 aliphatic carbocycles. The van der Waals surface area contributed by atoms with Crippen molar-refractivity contribution in [3.63, 3.8) is 0 Å². The Morgan fingerprint density at radius 2 is 2.17 bits per heavy atom. The standard InChI is InChI=1S/C16H18N4O3/c1-9-19-14(23-20-9)7-12-11-6-10(8-17)4-5-13(11)22-15(2,3)16(12,18)21/h4-6,12,21H,7,18H2,1-3H3. The SMILES string of the molecule is Cc1noc(CC2c3cc(C#N)ccc3OC(C)(C)C2(N)O)n1. The molecule has 2 aromatic rings. The number of hydrogen-bond donors (Lipinski definition) is 2. The summed E-state index contributed by atoms with van der Waals surface area (Å²) >= 11 is 0. The Kier molecular flexibility index (Phi) is 3.39. The van der Waals surface area contributed by atoms with Gasteiger partial charge in [0.05, 0.1) is 11.6 Å². The number of nitrogens with zero attached hydrogens (tertiary/aromatic N) is 3. The Morgan fingerprint density at radius 3 is 2.78 bits per heavy atom. The maximum Gasteiger partial charge on any atom is 0.227 e. The van der Waals surface area contributed by atoms with E-state index in [0.29, 0.717) is 28.6 Å². The number of hydrogen-bond acceptors (Lipinski definition) is 7. The number of nitriles is 1. The highest BCUT2D eigenvalue weighted by atomic mass is 16.5. The normalized spacial score (nSPS) is 25.3. The van der Waals surface area contributed by atoms with Gasteiger partial charge in [-0.25, -0.2) is 0 Å². The van der Waals surface area contributed by atoms with Crippen LogP contribution in [0.3, 0.4) is 0 Å². The van der Waals surface area contributed by atoms with Gasteiger partial charge in [-0.3, -0.25) is 5.73 Å². The van der Waals surface area contributed by atoms with Crippen LogP contribution in [0.2, 0.25) is 0 Å².